The van der Waals surface area contributed by atoms with Crippen LogP contribution in [0.3, 0.4) is 0 Å². The number of benzene rings is 1. The number of alkyl halides is 6. The first kappa shape index (κ1) is 26.2. The molecule has 3 rings (SSSR count). The van der Waals surface area contributed by atoms with Crippen molar-refractivity contribution < 1.29 is 31.1 Å². The molecule has 1 nitrogen and oxygen atoms in total. The molecule has 0 N–H and O–H groups in total. The van der Waals surface area contributed by atoms with Gasteiger partial charge in [-0.3, -0.25) is 4.39 Å². The van der Waals surface area contributed by atoms with E-state index in [9.17, 15) is 26.3 Å². The first-order valence-electron chi connectivity index (χ1n) is 12.5. The lowest BCUT2D eigenvalue weighted by Gasteiger charge is -2.38. The Bertz CT molecular complexity index is 686. The minimum Gasteiger partial charge on any atom is -0.426 e. The van der Waals surface area contributed by atoms with E-state index in [4.69, 9.17) is 0 Å². The van der Waals surface area contributed by atoms with Gasteiger partial charge in [0.15, 0.2) is 0 Å². The van der Waals surface area contributed by atoms with Crippen LogP contribution in [-0.4, -0.2) is 19.0 Å². The molecular formula is C26H36F6O. The van der Waals surface area contributed by atoms with Gasteiger partial charge in [-0.25, -0.2) is 0 Å². The van der Waals surface area contributed by atoms with E-state index >= 15 is 0 Å². The third kappa shape index (κ3) is 7.54. The third-order valence-corrected chi connectivity index (χ3v) is 7.75. The van der Waals surface area contributed by atoms with Crippen molar-refractivity contribution in [2.75, 3.05) is 6.67 Å². The number of hydrogen-bond donors (Lipinski definition) is 0. The fraction of sp³-hybridized carbons (Fsp3) is 0.769. The van der Waals surface area contributed by atoms with Gasteiger partial charge < -0.3 is 4.74 Å². The summed E-state index contributed by atoms with van der Waals surface area (Å²) in [6.07, 6.45) is 3.96. The Labute approximate surface area is 193 Å². The third-order valence-electron chi connectivity index (χ3n) is 7.75. The van der Waals surface area contributed by atoms with Gasteiger partial charge in [0, 0.05) is 0 Å². The number of ether oxygens (including phenoxy) is 1. The summed E-state index contributed by atoms with van der Waals surface area (Å²) in [4.78, 5) is 0. The summed E-state index contributed by atoms with van der Waals surface area (Å²) in [5.41, 5.74) is 0.979. The summed E-state index contributed by atoms with van der Waals surface area (Å²) < 4.78 is 79.1. The molecule has 33 heavy (non-hydrogen) atoms. The summed E-state index contributed by atoms with van der Waals surface area (Å²) >= 11 is 0. The highest BCUT2D eigenvalue weighted by Gasteiger charge is 2.61. The Morgan fingerprint density at radius 3 is 1.79 bits per heavy atom. The molecule has 1 aromatic rings. The quantitative estimate of drug-likeness (QED) is 0.241. The highest BCUT2D eigenvalue weighted by molar-refractivity contribution is 5.30. The fourth-order valence-corrected chi connectivity index (χ4v) is 5.77. The molecule has 0 bridgehead atoms. The molecule has 0 spiro atoms. The van der Waals surface area contributed by atoms with Crippen LogP contribution in [0, 0.1) is 17.8 Å². The average Bonchev–Trinajstić information content (AvgIpc) is 2.79. The second kappa shape index (κ2) is 11.8. The summed E-state index contributed by atoms with van der Waals surface area (Å²) in [6.45, 7) is -0.200. The maximum Gasteiger partial charge on any atom is 0.499 e. The van der Waals surface area contributed by atoms with E-state index in [1.165, 1.54) is 50.7 Å². The van der Waals surface area contributed by atoms with Crippen molar-refractivity contribution in [2.45, 2.75) is 102 Å². The lowest BCUT2D eigenvalue weighted by molar-refractivity contribution is -0.360. The number of hydrogen-bond acceptors (Lipinski definition) is 1. The summed E-state index contributed by atoms with van der Waals surface area (Å²) in [5, 5.41) is 0. The van der Waals surface area contributed by atoms with E-state index < -0.39 is 18.0 Å². The Morgan fingerprint density at radius 1 is 0.697 bits per heavy atom. The zero-order chi connectivity index (χ0) is 23.9. The molecule has 0 amide bonds. The fourth-order valence-electron chi connectivity index (χ4n) is 5.77. The highest BCUT2D eigenvalue weighted by atomic mass is 19.4. The molecule has 2 aliphatic rings. The van der Waals surface area contributed by atoms with E-state index in [0.29, 0.717) is 12.3 Å². The smallest absolute Gasteiger partial charge is 0.426 e. The van der Waals surface area contributed by atoms with Crippen LogP contribution in [0.15, 0.2) is 24.3 Å². The van der Waals surface area contributed by atoms with Crippen molar-refractivity contribution in [1.82, 2.24) is 0 Å². The van der Waals surface area contributed by atoms with Crippen LogP contribution in [0.2, 0.25) is 0 Å². The Hall–Kier alpha value is -1.40. The van der Waals surface area contributed by atoms with Gasteiger partial charge in [0.1, 0.15) is 5.75 Å². The summed E-state index contributed by atoms with van der Waals surface area (Å²) in [5.74, 6) is 2.19. The molecule has 0 heterocycles. The molecule has 0 atom stereocenters. The van der Waals surface area contributed by atoms with Crippen LogP contribution < -0.4 is 4.74 Å². The predicted molar refractivity (Wildman–Crippen MR) is 117 cm³/mol. The molecule has 0 radical (unpaired) electrons. The molecule has 7 heteroatoms. The number of unbranched alkanes of at least 4 members (excludes halogenated alkanes) is 3. The maximum atomic E-state index is 13.1. The largest absolute Gasteiger partial charge is 0.499 e. The molecule has 2 aliphatic carbocycles. The first-order chi connectivity index (χ1) is 15.7. The second-order valence-corrected chi connectivity index (χ2v) is 9.97. The van der Waals surface area contributed by atoms with Crippen LogP contribution in [0.1, 0.15) is 95.0 Å². The molecule has 2 fully saturated rings. The zero-order valence-corrected chi connectivity index (χ0v) is 19.2. The molecule has 2 saturated carbocycles. The van der Waals surface area contributed by atoms with Crippen molar-refractivity contribution in [1.29, 1.82) is 0 Å². The van der Waals surface area contributed by atoms with E-state index in [2.05, 4.69) is 4.74 Å². The minimum absolute atomic E-state index is 0.200. The zero-order valence-electron chi connectivity index (χ0n) is 19.2. The first-order valence-corrected chi connectivity index (χ1v) is 12.5. The monoisotopic (exact) mass is 478 g/mol. The van der Waals surface area contributed by atoms with Crippen molar-refractivity contribution in [2.24, 2.45) is 17.8 Å². The second-order valence-electron chi connectivity index (χ2n) is 9.97. The molecule has 0 unspecified atom stereocenters. The highest BCUT2D eigenvalue weighted by Crippen LogP contribution is 2.45. The van der Waals surface area contributed by atoms with Crippen LogP contribution in [0.4, 0.5) is 26.3 Å². The van der Waals surface area contributed by atoms with Gasteiger partial charge in [-0.1, -0.05) is 50.7 Å². The van der Waals surface area contributed by atoms with Crippen LogP contribution in [0.25, 0.3) is 0 Å². The summed E-state index contributed by atoms with van der Waals surface area (Å²) in [6, 6.07) is 5.65. The summed E-state index contributed by atoms with van der Waals surface area (Å²) in [7, 11) is 0. The van der Waals surface area contributed by atoms with Crippen molar-refractivity contribution >= 4 is 0 Å². The normalized spacial score (nSPS) is 26.8. The average molecular weight is 479 g/mol. The molecule has 0 saturated heterocycles. The Morgan fingerprint density at radius 2 is 1.24 bits per heavy atom. The van der Waals surface area contributed by atoms with Crippen molar-refractivity contribution in [3.8, 4) is 5.75 Å². The molecule has 0 aromatic heterocycles. The lowest BCUT2D eigenvalue weighted by atomic mass is 9.68. The number of rotatable bonds is 10. The van der Waals surface area contributed by atoms with Gasteiger partial charge in [-0.15, -0.1) is 0 Å². The minimum atomic E-state index is -5.74. The van der Waals surface area contributed by atoms with Crippen LogP contribution in [0.5, 0.6) is 5.75 Å². The van der Waals surface area contributed by atoms with Gasteiger partial charge in [0.2, 0.25) is 0 Å². The molecule has 188 valence electrons. The molecular weight excluding hydrogens is 442 g/mol. The lowest BCUT2D eigenvalue weighted by Crippen LogP contribution is -2.41. The van der Waals surface area contributed by atoms with Crippen molar-refractivity contribution in [3.05, 3.63) is 29.8 Å². The predicted octanol–water partition coefficient (Wildman–Crippen LogP) is 9.22. The van der Waals surface area contributed by atoms with E-state index in [-0.39, 0.29) is 6.67 Å². The van der Waals surface area contributed by atoms with E-state index in [1.54, 1.807) is 12.1 Å². The Kier molecular flexibility index (Phi) is 9.40. The van der Waals surface area contributed by atoms with Gasteiger partial charge >= 0.3 is 12.3 Å². The standard InChI is InChI=1S/C26H36F6O/c27-18-4-2-1-3-5-19-6-8-20(9-7-19)21-10-12-22(13-11-21)23-14-16-24(17-15-23)33-26(31,32)25(28,29)30/h14-17,19-22H,1-13,18H2. The maximum absolute atomic E-state index is 13.1. The Balaban J connectivity index is 1.39. The molecule has 1 aromatic carbocycles. The van der Waals surface area contributed by atoms with Crippen LogP contribution >= 0.6 is 0 Å². The van der Waals surface area contributed by atoms with Gasteiger partial charge in [0.05, 0.1) is 6.67 Å². The van der Waals surface area contributed by atoms with Crippen molar-refractivity contribution in [3.63, 3.8) is 0 Å². The van der Waals surface area contributed by atoms with E-state index in [1.807, 2.05) is 0 Å². The van der Waals surface area contributed by atoms with Gasteiger partial charge in [-0.2, -0.15) is 22.0 Å². The topological polar surface area (TPSA) is 9.23 Å². The van der Waals surface area contributed by atoms with Crippen LogP contribution in [-0.2, 0) is 0 Å². The van der Waals surface area contributed by atoms with Gasteiger partial charge in [-0.05, 0) is 86.3 Å². The van der Waals surface area contributed by atoms with E-state index in [0.717, 1.165) is 61.8 Å². The SMILES string of the molecule is FCCCCCCC1CCC(C2CCC(c3ccc(OC(F)(F)C(F)(F)F)cc3)CC2)CC1. The number of halogens is 6. The van der Waals surface area contributed by atoms with Gasteiger partial charge in [0.25, 0.3) is 0 Å². The molecule has 0 aliphatic heterocycles.